The van der Waals surface area contributed by atoms with Gasteiger partial charge in [-0.25, -0.2) is 9.78 Å². The van der Waals surface area contributed by atoms with Gasteiger partial charge in [0.2, 0.25) is 0 Å². The van der Waals surface area contributed by atoms with Crippen LogP contribution in [-0.4, -0.2) is 36.7 Å². The summed E-state index contributed by atoms with van der Waals surface area (Å²) in [6.07, 6.45) is 6.21. The molecule has 0 unspecified atom stereocenters. The van der Waals surface area contributed by atoms with E-state index in [0.29, 0.717) is 5.75 Å². The molecule has 216 valence electrons. The first-order valence-electron chi connectivity index (χ1n) is 14.3. The first-order valence-corrected chi connectivity index (χ1v) is 15.2. The molecule has 8 nitrogen and oxygen atoms in total. The molecule has 1 aliphatic carbocycles. The van der Waals surface area contributed by atoms with Crippen LogP contribution in [0.3, 0.4) is 0 Å². The number of likely N-dealkylation sites (N-methyl/N-ethyl adjacent to an activating group) is 1. The highest BCUT2D eigenvalue weighted by Crippen LogP contribution is 2.48. The van der Waals surface area contributed by atoms with E-state index in [1.165, 1.54) is 6.42 Å². The summed E-state index contributed by atoms with van der Waals surface area (Å²) < 4.78 is 6.02. The fourth-order valence-electron chi connectivity index (χ4n) is 5.90. The van der Waals surface area contributed by atoms with Gasteiger partial charge in [0.05, 0.1) is 27.3 Å². The highest BCUT2D eigenvalue weighted by molar-refractivity contribution is 7.20. The minimum Gasteiger partial charge on any atom is -0.457 e. The van der Waals surface area contributed by atoms with Crippen molar-refractivity contribution in [3.63, 3.8) is 0 Å². The number of carbonyl (C=O) groups excluding carboxylic acids is 1. The van der Waals surface area contributed by atoms with Crippen molar-refractivity contribution in [3.8, 4) is 11.5 Å². The molecule has 2 atom stereocenters. The third kappa shape index (κ3) is 5.45. The van der Waals surface area contributed by atoms with Crippen LogP contribution in [0.15, 0.2) is 79.6 Å². The number of nitrogens with one attached hydrogen (secondary N) is 4. The van der Waals surface area contributed by atoms with Gasteiger partial charge in [0, 0.05) is 36.2 Å². The van der Waals surface area contributed by atoms with E-state index < -0.39 is 0 Å². The zero-order chi connectivity index (χ0) is 29.2. The summed E-state index contributed by atoms with van der Waals surface area (Å²) in [5, 5.41) is 14.5. The van der Waals surface area contributed by atoms with Crippen LogP contribution >= 0.6 is 11.3 Å². The van der Waals surface area contributed by atoms with Gasteiger partial charge in [-0.2, -0.15) is 0 Å². The number of anilines is 3. The molecule has 2 aliphatic rings. The summed E-state index contributed by atoms with van der Waals surface area (Å²) in [5.74, 6) is 1.48. The molecular formula is C33H36N6O2S. The van der Waals surface area contributed by atoms with Crippen LogP contribution in [-0.2, 0) is 0 Å². The van der Waals surface area contributed by atoms with Crippen molar-refractivity contribution in [2.24, 2.45) is 0 Å². The fraction of sp³-hybridized carbons (Fsp3) is 0.273. The molecule has 0 bridgehead atoms. The predicted molar refractivity (Wildman–Crippen MR) is 173 cm³/mol. The minimum atomic E-state index is -0.220. The normalized spacial score (nSPS) is 18.0. The van der Waals surface area contributed by atoms with Crippen molar-refractivity contribution in [2.45, 2.75) is 44.7 Å². The molecule has 1 aliphatic heterocycles. The minimum absolute atomic E-state index is 0.208. The van der Waals surface area contributed by atoms with E-state index in [9.17, 15) is 4.79 Å². The van der Waals surface area contributed by atoms with E-state index in [2.05, 4.69) is 39.4 Å². The van der Waals surface area contributed by atoms with Gasteiger partial charge in [0.15, 0.2) is 0 Å². The summed E-state index contributed by atoms with van der Waals surface area (Å²) in [7, 11) is 1.92. The van der Waals surface area contributed by atoms with Gasteiger partial charge in [0.25, 0.3) is 0 Å². The maximum atomic E-state index is 13.7. The Balaban J connectivity index is 1.28. The van der Waals surface area contributed by atoms with Crippen LogP contribution in [0.2, 0.25) is 0 Å². The molecule has 9 heteroatoms. The molecule has 4 aromatic rings. The lowest BCUT2D eigenvalue weighted by atomic mass is 9.89. The summed E-state index contributed by atoms with van der Waals surface area (Å²) >= 11 is 1.55. The SMILES string of the molecule is C=C(CNC)N[C@H]1CCCC[C@H]1NC(=C)c1sc2nccc3c2c1NC(=O)N3c1ccc(Oc2ccccc2)cc1C. The Kier molecular flexibility index (Phi) is 7.86. The van der Waals surface area contributed by atoms with Crippen molar-refractivity contribution >= 4 is 50.3 Å². The molecule has 2 aromatic carbocycles. The molecule has 6 rings (SSSR count). The van der Waals surface area contributed by atoms with Crippen molar-refractivity contribution < 1.29 is 9.53 Å². The average molecular weight is 581 g/mol. The van der Waals surface area contributed by atoms with Gasteiger partial charge in [-0.05, 0) is 68.8 Å². The number of amides is 2. The maximum Gasteiger partial charge on any atom is 0.331 e. The summed E-state index contributed by atoms with van der Waals surface area (Å²) in [6, 6.07) is 17.6. The molecular weight excluding hydrogens is 544 g/mol. The lowest BCUT2D eigenvalue weighted by Crippen LogP contribution is -2.49. The van der Waals surface area contributed by atoms with E-state index in [-0.39, 0.29) is 18.1 Å². The van der Waals surface area contributed by atoms with Crippen LogP contribution in [0.1, 0.15) is 36.1 Å². The van der Waals surface area contributed by atoms with Gasteiger partial charge >= 0.3 is 6.03 Å². The second kappa shape index (κ2) is 11.9. The lowest BCUT2D eigenvalue weighted by molar-refractivity contribution is 0.259. The monoisotopic (exact) mass is 580 g/mol. The van der Waals surface area contributed by atoms with E-state index >= 15 is 0 Å². The Labute approximate surface area is 250 Å². The number of thiophene rings is 1. The Morgan fingerprint density at radius 3 is 2.55 bits per heavy atom. The standard InChI is InChI=1S/C33H36N6O2S/c1-20-18-24(41-23-10-6-5-7-11-23)14-15-27(20)39-28-16-17-35-32-29(28)30(38-33(39)40)31(42-32)22(3)37-26-13-9-8-12-25(26)36-21(2)19-34-4/h5-7,10-11,14-18,25-26,34,36-37H,2-3,8-9,12-13,19H2,1,4H3,(H,38,40)/t25-,26+/m0/s1. The summed E-state index contributed by atoms with van der Waals surface area (Å²) in [4.78, 5) is 21.9. The first-order chi connectivity index (χ1) is 20.4. The fourth-order valence-corrected chi connectivity index (χ4v) is 6.95. The predicted octanol–water partition coefficient (Wildman–Crippen LogP) is 7.27. The average Bonchev–Trinajstić information content (AvgIpc) is 3.35. The van der Waals surface area contributed by atoms with Gasteiger partial charge in [-0.1, -0.05) is 44.2 Å². The van der Waals surface area contributed by atoms with Crippen molar-refractivity contribution in [1.29, 1.82) is 0 Å². The number of aryl methyl sites for hydroxylation is 1. The highest BCUT2D eigenvalue weighted by atomic mass is 32.1. The summed E-state index contributed by atoms with van der Waals surface area (Å²) in [6.45, 7) is 11.3. The molecule has 1 fully saturated rings. The highest BCUT2D eigenvalue weighted by Gasteiger charge is 2.33. The molecule has 2 aromatic heterocycles. The molecule has 2 amide bonds. The number of hydrogen-bond acceptors (Lipinski definition) is 7. The number of benzene rings is 2. The number of carbonyl (C=O) groups is 1. The number of aromatic nitrogens is 1. The smallest absolute Gasteiger partial charge is 0.331 e. The van der Waals surface area contributed by atoms with E-state index in [0.717, 1.165) is 80.7 Å². The lowest BCUT2D eigenvalue weighted by Gasteiger charge is -2.35. The maximum absolute atomic E-state index is 13.7. The number of rotatable bonds is 10. The van der Waals surface area contributed by atoms with Crippen molar-refractivity contribution in [2.75, 3.05) is 23.8 Å². The number of urea groups is 1. The van der Waals surface area contributed by atoms with Crippen molar-refractivity contribution in [3.05, 3.63) is 90.1 Å². The second-order valence-electron chi connectivity index (χ2n) is 10.8. The second-order valence-corrected chi connectivity index (χ2v) is 11.8. The molecule has 3 heterocycles. The van der Waals surface area contributed by atoms with Crippen LogP contribution in [0.5, 0.6) is 11.5 Å². The van der Waals surface area contributed by atoms with Crippen molar-refractivity contribution in [1.82, 2.24) is 20.9 Å². The zero-order valence-electron chi connectivity index (χ0n) is 24.0. The number of nitrogens with zero attached hydrogens (tertiary/aromatic N) is 2. The van der Waals surface area contributed by atoms with Crippen LogP contribution < -0.4 is 30.9 Å². The molecule has 42 heavy (non-hydrogen) atoms. The van der Waals surface area contributed by atoms with Crippen LogP contribution in [0.4, 0.5) is 21.9 Å². The Bertz CT molecular complexity index is 1650. The van der Waals surface area contributed by atoms with E-state index in [1.54, 1.807) is 22.4 Å². The van der Waals surface area contributed by atoms with Gasteiger partial charge < -0.3 is 26.0 Å². The molecule has 1 saturated carbocycles. The Hall–Kier alpha value is -4.34. The number of pyridine rings is 1. The Morgan fingerprint density at radius 2 is 1.81 bits per heavy atom. The number of para-hydroxylation sites is 1. The Morgan fingerprint density at radius 1 is 1.05 bits per heavy atom. The third-order valence-electron chi connectivity index (χ3n) is 7.81. The van der Waals surface area contributed by atoms with E-state index in [1.807, 2.05) is 68.6 Å². The molecule has 0 saturated heterocycles. The number of ether oxygens (including phenoxy) is 1. The molecule has 4 N–H and O–H groups in total. The van der Waals surface area contributed by atoms with Crippen LogP contribution in [0, 0.1) is 6.92 Å². The molecule has 0 radical (unpaired) electrons. The quantitative estimate of drug-likeness (QED) is 0.158. The largest absolute Gasteiger partial charge is 0.457 e. The molecule has 0 spiro atoms. The third-order valence-corrected chi connectivity index (χ3v) is 8.97. The van der Waals surface area contributed by atoms with E-state index in [4.69, 9.17) is 4.74 Å². The number of hydrogen-bond donors (Lipinski definition) is 4. The summed E-state index contributed by atoms with van der Waals surface area (Å²) in [5.41, 5.74) is 5.05. The van der Waals surface area contributed by atoms with Gasteiger partial charge in [-0.15, -0.1) is 11.3 Å². The first kappa shape index (κ1) is 27.8. The van der Waals surface area contributed by atoms with Crippen LogP contribution in [0.25, 0.3) is 15.9 Å². The van der Waals surface area contributed by atoms with Gasteiger partial charge in [0.1, 0.15) is 16.3 Å². The topological polar surface area (TPSA) is 90.5 Å². The zero-order valence-corrected chi connectivity index (χ0v) is 24.8. The van der Waals surface area contributed by atoms with Gasteiger partial charge in [-0.3, -0.25) is 4.90 Å².